The summed E-state index contributed by atoms with van der Waals surface area (Å²) in [7, 11) is 1.69. The fourth-order valence-corrected chi connectivity index (χ4v) is 3.24. The van der Waals surface area contributed by atoms with Crippen LogP contribution < -0.4 is 20.7 Å². The van der Waals surface area contributed by atoms with Crippen LogP contribution >= 0.6 is 0 Å². The molecule has 0 bridgehead atoms. The van der Waals surface area contributed by atoms with Crippen molar-refractivity contribution in [1.82, 2.24) is 4.90 Å². The number of primary amides is 1. The topological polar surface area (TPSA) is 70.8 Å². The van der Waals surface area contributed by atoms with Crippen molar-refractivity contribution >= 4 is 17.3 Å². The maximum Gasteiger partial charge on any atom is 0.250 e. The van der Waals surface area contributed by atoms with Gasteiger partial charge in [-0.3, -0.25) is 9.69 Å². The second kappa shape index (κ2) is 8.58. The molecule has 3 N–H and O–H groups in total. The minimum absolute atomic E-state index is 0.403. The van der Waals surface area contributed by atoms with Crippen LogP contribution in [0.3, 0.4) is 0 Å². The molecule has 1 fully saturated rings. The highest BCUT2D eigenvalue weighted by Crippen LogP contribution is 2.22. The normalized spacial score (nSPS) is 14.9. The number of methoxy groups -OCH3 is 1. The summed E-state index contributed by atoms with van der Waals surface area (Å²) < 4.78 is 5.31. The van der Waals surface area contributed by atoms with Crippen LogP contribution in [-0.4, -0.2) is 57.2 Å². The van der Waals surface area contributed by atoms with Gasteiger partial charge in [0.1, 0.15) is 5.75 Å². The highest BCUT2D eigenvalue weighted by atomic mass is 16.5. The van der Waals surface area contributed by atoms with Crippen LogP contribution in [-0.2, 0) is 0 Å². The standard InChI is InChI=1S/C20H26N4O2/c1-26-17-6-4-5-16(15-17)24-13-11-23(12-14-24)10-9-22-19-8-3-2-7-18(19)20(21)25/h2-8,15,22H,9-14H2,1H3,(H2,21,25). The number of carbonyl (C=O) groups is 1. The molecule has 1 heterocycles. The molecule has 6 heteroatoms. The average Bonchev–Trinajstić information content (AvgIpc) is 2.69. The highest BCUT2D eigenvalue weighted by Gasteiger charge is 2.17. The third kappa shape index (κ3) is 4.46. The number of amides is 1. The van der Waals surface area contributed by atoms with Gasteiger partial charge in [-0.1, -0.05) is 18.2 Å². The fraction of sp³-hybridized carbons (Fsp3) is 0.350. The molecule has 1 aliphatic heterocycles. The number of nitrogens with zero attached hydrogens (tertiary/aromatic N) is 2. The minimum Gasteiger partial charge on any atom is -0.497 e. The lowest BCUT2D eigenvalue weighted by Gasteiger charge is -2.36. The van der Waals surface area contributed by atoms with Crippen LogP contribution in [0.1, 0.15) is 10.4 Å². The fourth-order valence-electron chi connectivity index (χ4n) is 3.24. The summed E-state index contributed by atoms with van der Waals surface area (Å²) in [6, 6.07) is 15.6. The van der Waals surface area contributed by atoms with Crippen molar-refractivity contribution in [2.24, 2.45) is 5.73 Å². The number of ether oxygens (including phenoxy) is 1. The van der Waals surface area contributed by atoms with Crippen molar-refractivity contribution in [1.29, 1.82) is 0 Å². The van der Waals surface area contributed by atoms with E-state index in [9.17, 15) is 4.79 Å². The average molecular weight is 354 g/mol. The number of hydrogen-bond acceptors (Lipinski definition) is 5. The third-order valence-corrected chi connectivity index (χ3v) is 4.73. The Morgan fingerprint density at radius 3 is 2.62 bits per heavy atom. The molecule has 1 saturated heterocycles. The zero-order valence-corrected chi connectivity index (χ0v) is 15.1. The van der Waals surface area contributed by atoms with E-state index < -0.39 is 5.91 Å². The summed E-state index contributed by atoms with van der Waals surface area (Å²) in [6.07, 6.45) is 0. The smallest absolute Gasteiger partial charge is 0.250 e. The number of nitrogens with two attached hydrogens (primary N) is 1. The molecule has 0 aliphatic carbocycles. The molecular formula is C20H26N4O2. The highest BCUT2D eigenvalue weighted by molar-refractivity contribution is 5.98. The molecular weight excluding hydrogens is 328 g/mol. The molecule has 6 nitrogen and oxygen atoms in total. The Hall–Kier alpha value is -2.73. The Morgan fingerprint density at radius 1 is 1.12 bits per heavy atom. The van der Waals surface area contributed by atoms with Gasteiger partial charge in [0.15, 0.2) is 0 Å². The van der Waals surface area contributed by atoms with E-state index in [1.54, 1.807) is 13.2 Å². The van der Waals surface area contributed by atoms with E-state index in [1.807, 2.05) is 30.3 Å². The van der Waals surface area contributed by atoms with E-state index >= 15 is 0 Å². The SMILES string of the molecule is COc1cccc(N2CCN(CCNc3ccccc3C(N)=O)CC2)c1. The van der Waals surface area contributed by atoms with Crippen molar-refractivity contribution in [3.63, 3.8) is 0 Å². The van der Waals surface area contributed by atoms with Crippen molar-refractivity contribution < 1.29 is 9.53 Å². The molecule has 138 valence electrons. The Balaban J connectivity index is 1.47. The van der Waals surface area contributed by atoms with Crippen LogP contribution in [0.15, 0.2) is 48.5 Å². The van der Waals surface area contributed by atoms with Crippen molar-refractivity contribution in [2.75, 3.05) is 56.6 Å². The molecule has 0 aromatic heterocycles. The zero-order valence-electron chi connectivity index (χ0n) is 15.1. The first-order valence-electron chi connectivity index (χ1n) is 8.91. The van der Waals surface area contributed by atoms with Crippen LogP contribution in [0.4, 0.5) is 11.4 Å². The molecule has 0 radical (unpaired) electrons. The van der Waals surface area contributed by atoms with Crippen LogP contribution in [0.2, 0.25) is 0 Å². The quantitative estimate of drug-likeness (QED) is 0.796. The van der Waals surface area contributed by atoms with Gasteiger partial charge in [0, 0.05) is 56.7 Å². The molecule has 0 spiro atoms. The van der Waals surface area contributed by atoms with Crippen LogP contribution in [0.25, 0.3) is 0 Å². The second-order valence-corrected chi connectivity index (χ2v) is 6.37. The van der Waals surface area contributed by atoms with E-state index in [0.29, 0.717) is 5.56 Å². The summed E-state index contributed by atoms with van der Waals surface area (Å²) in [4.78, 5) is 16.3. The van der Waals surface area contributed by atoms with E-state index in [2.05, 4.69) is 27.2 Å². The molecule has 0 saturated carbocycles. The molecule has 1 amide bonds. The van der Waals surface area contributed by atoms with Gasteiger partial charge in [-0.15, -0.1) is 0 Å². The zero-order chi connectivity index (χ0) is 18.4. The van der Waals surface area contributed by atoms with Gasteiger partial charge < -0.3 is 20.7 Å². The first-order chi connectivity index (χ1) is 12.7. The second-order valence-electron chi connectivity index (χ2n) is 6.37. The van der Waals surface area contributed by atoms with Gasteiger partial charge in [-0.25, -0.2) is 0 Å². The van der Waals surface area contributed by atoms with E-state index in [4.69, 9.17) is 10.5 Å². The van der Waals surface area contributed by atoms with E-state index in [-0.39, 0.29) is 0 Å². The Kier molecular flexibility index (Phi) is 5.96. The number of rotatable bonds is 7. The van der Waals surface area contributed by atoms with Crippen LogP contribution in [0, 0.1) is 0 Å². The van der Waals surface area contributed by atoms with Crippen molar-refractivity contribution in [2.45, 2.75) is 0 Å². The lowest BCUT2D eigenvalue weighted by atomic mass is 10.1. The predicted octanol–water partition coefficient (Wildman–Crippen LogP) is 2.03. The van der Waals surface area contributed by atoms with E-state index in [0.717, 1.165) is 50.7 Å². The molecule has 2 aromatic rings. The van der Waals surface area contributed by atoms with Gasteiger partial charge in [-0.05, 0) is 24.3 Å². The number of benzene rings is 2. The molecule has 2 aromatic carbocycles. The summed E-state index contributed by atoms with van der Waals surface area (Å²) in [5.74, 6) is 0.488. The number of para-hydroxylation sites is 1. The Morgan fingerprint density at radius 2 is 1.88 bits per heavy atom. The van der Waals surface area contributed by atoms with Gasteiger partial charge in [-0.2, -0.15) is 0 Å². The number of hydrogen-bond donors (Lipinski definition) is 2. The molecule has 26 heavy (non-hydrogen) atoms. The summed E-state index contributed by atoms with van der Waals surface area (Å²) in [5, 5.41) is 3.33. The summed E-state index contributed by atoms with van der Waals surface area (Å²) >= 11 is 0. The van der Waals surface area contributed by atoms with Crippen molar-refractivity contribution in [3.8, 4) is 5.75 Å². The first-order valence-corrected chi connectivity index (χ1v) is 8.91. The van der Waals surface area contributed by atoms with E-state index in [1.165, 1.54) is 5.69 Å². The van der Waals surface area contributed by atoms with Gasteiger partial charge in [0.2, 0.25) is 0 Å². The minimum atomic E-state index is -0.403. The Labute approximate surface area is 154 Å². The molecule has 0 unspecified atom stereocenters. The predicted molar refractivity (Wildman–Crippen MR) is 105 cm³/mol. The first kappa shape index (κ1) is 18.1. The molecule has 0 atom stereocenters. The maximum atomic E-state index is 11.5. The lowest BCUT2D eigenvalue weighted by molar-refractivity contribution is 0.100. The third-order valence-electron chi connectivity index (χ3n) is 4.73. The van der Waals surface area contributed by atoms with Crippen molar-refractivity contribution in [3.05, 3.63) is 54.1 Å². The van der Waals surface area contributed by atoms with Crippen LogP contribution in [0.5, 0.6) is 5.75 Å². The molecule has 1 aliphatic rings. The maximum absolute atomic E-state index is 11.5. The van der Waals surface area contributed by atoms with Gasteiger partial charge in [0.25, 0.3) is 5.91 Å². The number of nitrogens with one attached hydrogen (secondary N) is 1. The van der Waals surface area contributed by atoms with Gasteiger partial charge in [0.05, 0.1) is 12.7 Å². The number of carbonyl (C=O) groups excluding carboxylic acids is 1. The monoisotopic (exact) mass is 354 g/mol. The molecule has 3 rings (SSSR count). The number of piperazine rings is 1. The lowest BCUT2D eigenvalue weighted by Crippen LogP contribution is -2.47. The Bertz CT molecular complexity index is 742. The van der Waals surface area contributed by atoms with Gasteiger partial charge >= 0.3 is 0 Å². The summed E-state index contributed by atoms with van der Waals surface area (Å²) in [5.41, 5.74) is 7.96. The number of anilines is 2. The summed E-state index contributed by atoms with van der Waals surface area (Å²) in [6.45, 7) is 5.71. The largest absolute Gasteiger partial charge is 0.497 e.